The van der Waals surface area contributed by atoms with E-state index >= 15 is 0 Å². The number of halogens is 1. The second-order valence-electron chi connectivity index (χ2n) is 4.72. The second-order valence-corrected chi connectivity index (χ2v) is 5.16. The lowest BCUT2D eigenvalue weighted by molar-refractivity contribution is -0.147. The van der Waals surface area contributed by atoms with Crippen molar-refractivity contribution in [3.05, 3.63) is 34.9 Å². The Hall–Kier alpha value is -2.08. The quantitative estimate of drug-likeness (QED) is 0.548. The molecule has 1 N–H and O–H groups in total. The van der Waals surface area contributed by atoms with Crippen molar-refractivity contribution in [2.24, 2.45) is 0 Å². The maximum atomic E-state index is 11.6. The summed E-state index contributed by atoms with van der Waals surface area (Å²) in [5, 5.41) is 3.15. The number of hydrogen-bond donors (Lipinski definition) is 1. The predicted molar refractivity (Wildman–Crippen MR) is 85.0 cm³/mol. The van der Waals surface area contributed by atoms with Crippen LogP contribution in [0.4, 0.5) is 0 Å². The molecule has 1 rings (SSSR count). The third kappa shape index (κ3) is 8.83. The Morgan fingerprint density at radius 2 is 1.78 bits per heavy atom. The minimum Gasteiger partial charge on any atom is -0.466 e. The van der Waals surface area contributed by atoms with Crippen molar-refractivity contribution in [1.82, 2.24) is 5.32 Å². The van der Waals surface area contributed by atoms with E-state index in [0.717, 1.165) is 5.56 Å². The fourth-order valence-electron chi connectivity index (χ4n) is 1.71. The van der Waals surface area contributed by atoms with E-state index < -0.39 is 11.9 Å². The smallest absolute Gasteiger partial charge is 0.310 e. The molecule has 23 heavy (non-hydrogen) atoms. The lowest BCUT2D eigenvalue weighted by Gasteiger charge is -2.07. The summed E-state index contributed by atoms with van der Waals surface area (Å²) in [6, 6.07) is 6.80. The van der Waals surface area contributed by atoms with Gasteiger partial charge in [-0.05, 0) is 31.0 Å². The molecule has 0 bridgehead atoms. The Morgan fingerprint density at radius 3 is 2.43 bits per heavy atom. The number of esters is 2. The summed E-state index contributed by atoms with van der Waals surface area (Å²) in [6.45, 7) is 2.06. The normalized spacial score (nSPS) is 10.0. The summed E-state index contributed by atoms with van der Waals surface area (Å²) >= 11 is 5.75. The van der Waals surface area contributed by atoms with Gasteiger partial charge in [-0.1, -0.05) is 23.7 Å². The van der Waals surface area contributed by atoms with E-state index in [-0.39, 0.29) is 25.4 Å². The summed E-state index contributed by atoms with van der Waals surface area (Å²) < 4.78 is 9.64. The zero-order valence-corrected chi connectivity index (χ0v) is 13.7. The van der Waals surface area contributed by atoms with Gasteiger partial charge in [-0.25, -0.2) is 0 Å². The Labute approximate surface area is 140 Å². The number of benzene rings is 1. The highest BCUT2D eigenvalue weighted by Crippen LogP contribution is 2.10. The molecular formula is C16H20ClNO5. The molecule has 0 saturated carbocycles. The fraction of sp³-hybridized carbons (Fsp3) is 0.438. The van der Waals surface area contributed by atoms with Crippen molar-refractivity contribution in [1.29, 1.82) is 0 Å². The van der Waals surface area contributed by atoms with E-state index in [1.54, 1.807) is 31.2 Å². The fourth-order valence-corrected chi connectivity index (χ4v) is 1.84. The van der Waals surface area contributed by atoms with Crippen LogP contribution in [0.3, 0.4) is 0 Å². The lowest BCUT2D eigenvalue weighted by atomic mass is 10.1. The average Bonchev–Trinajstić information content (AvgIpc) is 2.52. The number of carbonyl (C=O) groups is 3. The maximum absolute atomic E-state index is 11.6. The number of hydrogen-bond acceptors (Lipinski definition) is 5. The second kappa shape index (κ2) is 10.6. The van der Waals surface area contributed by atoms with E-state index in [9.17, 15) is 14.4 Å². The lowest BCUT2D eigenvalue weighted by Crippen LogP contribution is -2.30. The first kappa shape index (κ1) is 19.0. The monoisotopic (exact) mass is 341 g/mol. The molecule has 126 valence electrons. The maximum Gasteiger partial charge on any atom is 0.310 e. The van der Waals surface area contributed by atoms with E-state index in [4.69, 9.17) is 21.1 Å². The van der Waals surface area contributed by atoms with Crippen LogP contribution in [0.5, 0.6) is 0 Å². The standard InChI is InChI=1S/C16H20ClNO5/c1-2-22-15(20)4-3-9-18-14(19)11-23-16(21)10-12-5-7-13(17)8-6-12/h5-8H,2-4,9-11H2,1H3,(H,18,19). The van der Waals surface area contributed by atoms with Crippen molar-refractivity contribution in [3.63, 3.8) is 0 Å². The van der Waals surface area contributed by atoms with Gasteiger partial charge in [0.05, 0.1) is 13.0 Å². The molecule has 0 aromatic heterocycles. The van der Waals surface area contributed by atoms with E-state index in [0.29, 0.717) is 24.6 Å². The molecule has 1 aromatic carbocycles. The first-order valence-electron chi connectivity index (χ1n) is 7.33. The van der Waals surface area contributed by atoms with Gasteiger partial charge in [0, 0.05) is 18.0 Å². The van der Waals surface area contributed by atoms with Crippen LogP contribution in [0.15, 0.2) is 24.3 Å². The van der Waals surface area contributed by atoms with Crippen LogP contribution in [-0.4, -0.2) is 37.6 Å². The Bertz CT molecular complexity index is 530. The van der Waals surface area contributed by atoms with Crippen LogP contribution in [0.2, 0.25) is 5.02 Å². The molecule has 0 heterocycles. The number of amides is 1. The number of ether oxygens (including phenoxy) is 2. The number of carbonyl (C=O) groups excluding carboxylic acids is 3. The van der Waals surface area contributed by atoms with E-state index in [1.165, 1.54) is 0 Å². The van der Waals surface area contributed by atoms with Gasteiger partial charge in [0.1, 0.15) is 0 Å². The van der Waals surface area contributed by atoms with Gasteiger partial charge in [0.15, 0.2) is 6.61 Å². The van der Waals surface area contributed by atoms with Crippen molar-refractivity contribution in [2.45, 2.75) is 26.2 Å². The Kier molecular flexibility index (Phi) is 8.75. The highest BCUT2D eigenvalue weighted by molar-refractivity contribution is 6.30. The number of nitrogens with one attached hydrogen (secondary N) is 1. The van der Waals surface area contributed by atoms with Gasteiger partial charge in [0.25, 0.3) is 5.91 Å². The molecule has 0 fully saturated rings. The molecule has 0 unspecified atom stereocenters. The van der Waals surface area contributed by atoms with Gasteiger partial charge in [0.2, 0.25) is 0 Å². The Balaban J connectivity index is 2.14. The Morgan fingerprint density at radius 1 is 1.09 bits per heavy atom. The molecule has 0 aliphatic carbocycles. The molecule has 7 heteroatoms. The molecule has 0 aliphatic rings. The third-order valence-corrected chi connectivity index (χ3v) is 3.06. The topological polar surface area (TPSA) is 81.7 Å². The highest BCUT2D eigenvalue weighted by Gasteiger charge is 2.09. The van der Waals surface area contributed by atoms with Gasteiger partial charge < -0.3 is 14.8 Å². The van der Waals surface area contributed by atoms with Gasteiger partial charge in [-0.3, -0.25) is 14.4 Å². The largest absolute Gasteiger partial charge is 0.466 e. The number of rotatable bonds is 9. The summed E-state index contributed by atoms with van der Waals surface area (Å²) in [5.41, 5.74) is 0.759. The molecule has 0 aliphatic heterocycles. The molecule has 1 aromatic rings. The molecule has 6 nitrogen and oxygen atoms in total. The third-order valence-electron chi connectivity index (χ3n) is 2.81. The molecule has 0 radical (unpaired) electrons. The van der Waals surface area contributed by atoms with Gasteiger partial charge in [-0.15, -0.1) is 0 Å². The van der Waals surface area contributed by atoms with Gasteiger partial charge >= 0.3 is 11.9 Å². The molecule has 0 atom stereocenters. The van der Waals surface area contributed by atoms with Crippen LogP contribution in [0, 0.1) is 0 Å². The van der Waals surface area contributed by atoms with E-state index in [2.05, 4.69) is 5.32 Å². The summed E-state index contributed by atoms with van der Waals surface area (Å²) in [6.07, 6.45) is 0.793. The van der Waals surface area contributed by atoms with Crippen LogP contribution in [0.25, 0.3) is 0 Å². The zero-order valence-electron chi connectivity index (χ0n) is 13.0. The first-order chi connectivity index (χ1) is 11.0. The van der Waals surface area contributed by atoms with Crippen LogP contribution in [-0.2, 0) is 30.3 Å². The van der Waals surface area contributed by atoms with Crippen molar-refractivity contribution in [3.8, 4) is 0 Å². The SMILES string of the molecule is CCOC(=O)CCCNC(=O)COC(=O)Cc1ccc(Cl)cc1. The van der Waals surface area contributed by atoms with Crippen molar-refractivity contribution < 1.29 is 23.9 Å². The minimum absolute atomic E-state index is 0.0767. The van der Waals surface area contributed by atoms with E-state index in [1.807, 2.05) is 0 Å². The van der Waals surface area contributed by atoms with Gasteiger partial charge in [-0.2, -0.15) is 0 Å². The zero-order chi connectivity index (χ0) is 17.1. The van der Waals surface area contributed by atoms with Crippen LogP contribution < -0.4 is 5.32 Å². The van der Waals surface area contributed by atoms with Crippen LogP contribution in [0.1, 0.15) is 25.3 Å². The van der Waals surface area contributed by atoms with Crippen LogP contribution >= 0.6 is 11.6 Å². The average molecular weight is 342 g/mol. The summed E-state index contributed by atoms with van der Waals surface area (Å²) in [4.78, 5) is 34.2. The summed E-state index contributed by atoms with van der Waals surface area (Å²) in [7, 11) is 0. The molecular weight excluding hydrogens is 322 g/mol. The molecule has 0 spiro atoms. The van der Waals surface area contributed by atoms with Crippen molar-refractivity contribution in [2.75, 3.05) is 19.8 Å². The molecule has 0 saturated heterocycles. The minimum atomic E-state index is -0.492. The summed E-state index contributed by atoms with van der Waals surface area (Å²) in [5.74, 6) is -1.19. The predicted octanol–water partition coefficient (Wildman–Crippen LogP) is 1.89. The van der Waals surface area contributed by atoms with Crippen molar-refractivity contribution >= 4 is 29.4 Å². The molecule has 1 amide bonds. The highest BCUT2D eigenvalue weighted by atomic mass is 35.5. The first-order valence-corrected chi connectivity index (χ1v) is 7.71.